The topological polar surface area (TPSA) is 84.7 Å². The van der Waals surface area contributed by atoms with Crippen LogP contribution in [0.2, 0.25) is 5.02 Å². The van der Waals surface area contributed by atoms with E-state index in [1.165, 1.54) is 5.56 Å². The average molecular weight is 466 g/mol. The first-order chi connectivity index (χ1) is 15.8. The summed E-state index contributed by atoms with van der Waals surface area (Å²) in [5.41, 5.74) is 4.14. The number of rotatable bonds is 2. The smallest absolute Gasteiger partial charge is 0.343 e. The molecule has 1 N–H and O–H groups in total. The van der Waals surface area contributed by atoms with Gasteiger partial charge >= 0.3 is 5.97 Å². The van der Waals surface area contributed by atoms with Crippen molar-refractivity contribution in [2.24, 2.45) is 0 Å². The SMILES string of the molecule is CC[C@@]1(O)C(=O)OCc2c1cc1n(c2=O)Cc2c-1nc1ccc(Cl)c3c1c2CCC3N(C)C. The van der Waals surface area contributed by atoms with Crippen LogP contribution >= 0.6 is 11.6 Å². The van der Waals surface area contributed by atoms with Crippen LogP contribution in [0.3, 0.4) is 0 Å². The van der Waals surface area contributed by atoms with Crippen LogP contribution in [0.1, 0.15) is 53.6 Å². The van der Waals surface area contributed by atoms with E-state index in [0.717, 1.165) is 45.6 Å². The summed E-state index contributed by atoms with van der Waals surface area (Å²) >= 11 is 6.68. The van der Waals surface area contributed by atoms with E-state index in [4.69, 9.17) is 21.3 Å². The highest BCUT2D eigenvalue weighted by Crippen LogP contribution is 2.46. The number of pyridine rings is 2. The lowest BCUT2D eigenvalue weighted by atomic mass is 9.83. The lowest BCUT2D eigenvalue weighted by Crippen LogP contribution is -2.44. The molecule has 6 rings (SSSR count). The molecule has 0 radical (unpaired) electrons. The number of cyclic esters (lactones) is 1. The molecular weight excluding hydrogens is 442 g/mol. The number of carbonyl (C=O) groups excluding carboxylic acids is 1. The highest BCUT2D eigenvalue weighted by atomic mass is 35.5. The average Bonchev–Trinajstić information content (AvgIpc) is 3.17. The number of aryl methyl sites for hydroxylation is 1. The van der Waals surface area contributed by atoms with Gasteiger partial charge in [-0.2, -0.15) is 0 Å². The zero-order valence-corrected chi connectivity index (χ0v) is 19.5. The number of hydrogen-bond acceptors (Lipinski definition) is 6. The van der Waals surface area contributed by atoms with Crippen molar-refractivity contribution in [2.75, 3.05) is 14.1 Å². The Labute approximate surface area is 195 Å². The minimum Gasteiger partial charge on any atom is -0.458 e. The number of aromatic nitrogens is 2. The summed E-state index contributed by atoms with van der Waals surface area (Å²) in [4.78, 5) is 33.0. The van der Waals surface area contributed by atoms with Crippen molar-refractivity contribution < 1.29 is 14.6 Å². The van der Waals surface area contributed by atoms with Gasteiger partial charge in [0, 0.05) is 27.6 Å². The van der Waals surface area contributed by atoms with Crippen LogP contribution in [0.4, 0.5) is 0 Å². The lowest BCUT2D eigenvalue weighted by molar-refractivity contribution is -0.172. The molecule has 0 saturated heterocycles. The summed E-state index contributed by atoms with van der Waals surface area (Å²) in [6.07, 6.45) is 1.91. The van der Waals surface area contributed by atoms with Crippen molar-refractivity contribution in [3.05, 3.63) is 61.4 Å². The molecule has 2 aromatic heterocycles. The molecule has 0 bridgehead atoms. The number of carbonyl (C=O) groups is 1. The predicted octanol–water partition coefficient (Wildman–Crippen LogP) is 3.28. The van der Waals surface area contributed by atoms with Gasteiger partial charge in [-0.3, -0.25) is 4.79 Å². The molecule has 0 saturated carbocycles. The van der Waals surface area contributed by atoms with Gasteiger partial charge in [0.25, 0.3) is 5.56 Å². The van der Waals surface area contributed by atoms with Crippen LogP contribution in [0.5, 0.6) is 0 Å². The molecule has 1 unspecified atom stereocenters. The fourth-order valence-corrected chi connectivity index (χ4v) is 6.09. The van der Waals surface area contributed by atoms with Gasteiger partial charge in [-0.25, -0.2) is 9.78 Å². The normalized spacial score (nSPS) is 22.8. The molecule has 170 valence electrons. The maximum atomic E-state index is 13.5. The summed E-state index contributed by atoms with van der Waals surface area (Å²) in [5, 5.41) is 12.9. The van der Waals surface area contributed by atoms with Crippen LogP contribution in [0.25, 0.3) is 22.3 Å². The van der Waals surface area contributed by atoms with Crippen LogP contribution < -0.4 is 5.56 Å². The first-order valence-electron chi connectivity index (χ1n) is 11.2. The maximum absolute atomic E-state index is 13.5. The molecule has 8 heteroatoms. The highest BCUT2D eigenvalue weighted by Gasteiger charge is 2.45. The number of benzene rings is 1. The Bertz CT molecular complexity index is 1440. The lowest BCUT2D eigenvalue weighted by Gasteiger charge is -2.32. The third-order valence-corrected chi connectivity index (χ3v) is 7.91. The molecule has 3 aromatic rings. The summed E-state index contributed by atoms with van der Waals surface area (Å²) < 4.78 is 6.87. The van der Waals surface area contributed by atoms with E-state index in [9.17, 15) is 14.7 Å². The third-order valence-electron chi connectivity index (χ3n) is 7.58. The highest BCUT2D eigenvalue weighted by molar-refractivity contribution is 6.32. The van der Waals surface area contributed by atoms with E-state index in [1.54, 1.807) is 17.6 Å². The summed E-state index contributed by atoms with van der Waals surface area (Å²) in [7, 11) is 4.12. The Morgan fingerprint density at radius 1 is 1.27 bits per heavy atom. The van der Waals surface area contributed by atoms with Crippen molar-refractivity contribution in [2.45, 2.75) is 51.0 Å². The Hall–Kier alpha value is -2.74. The molecule has 0 spiro atoms. The van der Waals surface area contributed by atoms with Gasteiger partial charge in [-0.15, -0.1) is 0 Å². The van der Waals surface area contributed by atoms with E-state index in [0.29, 0.717) is 23.4 Å². The molecule has 0 fully saturated rings. The van der Waals surface area contributed by atoms with Crippen LogP contribution in [-0.2, 0) is 34.7 Å². The molecule has 33 heavy (non-hydrogen) atoms. The van der Waals surface area contributed by atoms with Crippen LogP contribution in [0.15, 0.2) is 23.0 Å². The van der Waals surface area contributed by atoms with Crippen LogP contribution in [0, 0.1) is 0 Å². The van der Waals surface area contributed by atoms with Gasteiger partial charge < -0.3 is 19.3 Å². The first kappa shape index (κ1) is 20.8. The zero-order chi connectivity index (χ0) is 23.2. The number of esters is 1. The Kier molecular flexibility index (Phi) is 4.35. The second-order valence-electron chi connectivity index (χ2n) is 9.39. The van der Waals surface area contributed by atoms with Gasteiger partial charge in [0.15, 0.2) is 5.60 Å². The molecule has 2 atom stereocenters. The third kappa shape index (κ3) is 2.61. The number of halogens is 1. The molecule has 1 aromatic carbocycles. The minimum absolute atomic E-state index is 0.124. The summed E-state index contributed by atoms with van der Waals surface area (Å²) in [6.45, 7) is 1.99. The monoisotopic (exact) mass is 465 g/mol. The van der Waals surface area contributed by atoms with Crippen molar-refractivity contribution in [3.63, 3.8) is 0 Å². The van der Waals surface area contributed by atoms with E-state index >= 15 is 0 Å². The number of ether oxygens (including phenoxy) is 1. The Balaban J connectivity index is 1.65. The minimum atomic E-state index is -1.82. The Morgan fingerprint density at radius 3 is 2.79 bits per heavy atom. The van der Waals surface area contributed by atoms with E-state index < -0.39 is 11.6 Å². The first-order valence-corrected chi connectivity index (χ1v) is 11.6. The zero-order valence-electron chi connectivity index (χ0n) is 18.7. The summed E-state index contributed by atoms with van der Waals surface area (Å²) in [5.74, 6) is -0.712. The van der Waals surface area contributed by atoms with Gasteiger partial charge in [0.05, 0.1) is 29.0 Å². The maximum Gasteiger partial charge on any atom is 0.343 e. The molecule has 0 amide bonds. The number of nitrogens with zero attached hydrogens (tertiary/aromatic N) is 3. The van der Waals surface area contributed by atoms with Crippen molar-refractivity contribution >= 4 is 28.5 Å². The molecule has 2 aliphatic heterocycles. The van der Waals surface area contributed by atoms with Gasteiger partial charge in [0.1, 0.15) is 6.61 Å². The molecule has 7 nitrogen and oxygen atoms in total. The largest absolute Gasteiger partial charge is 0.458 e. The van der Waals surface area contributed by atoms with Crippen LogP contribution in [-0.4, -0.2) is 39.6 Å². The summed E-state index contributed by atoms with van der Waals surface area (Å²) in [6, 6.07) is 5.79. The predicted molar refractivity (Wildman–Crippen MR) is 124 cm³/mol. The quantitative estimate of drug-likeness (QED) is 0.457. The standard InChI is InChI=1S/C25H24ClN3O4/c1-4-25(32)15-9-19-22-13(10-29(19)23(30)14(15)11-33-24(25)31)12-5-8-18(28(2)3)21-16(26)6-7-17(27-22)20(12)21/h6-7,9,18,32H,4-5,8,10-11H2,1-3H3/t18?,25-/m0/s1. The molecule has 1 aliphatic carbocycles. The van der Waals surface area contributed by atoms with Crippen molar-refractivity contribution in [1.82, 2.24) is 14.5 Å². The fraction of sp³-hybridized carbons (Fsp3) is 0.400. The van der Waals surface area contributed by atoms with Gasteiger partial charge in [-0.05, 0) is 62.7 Å². The molecule has 4 heterocycles. The van der Waals surface area contributed by atoms with Crippen molar-refractivity contribution in [1.29, 1.82) is 0 Å². The number of aliphatic hydroxyl groups is 1. The second-order valence-corrected chi connectivity index (χ2v) is 9.80. The number of fused-ring (bicyclic) bond motifs is 5. The molecular formula is C25H24ClN3O4. The van der Waals surface area contributed by atoms with E-state index in [1.807, 2.05) is 12.1 Å². The van der Waals surface area contributed by atoms with Gasteiger partial charge in [0.2, 0.25) is 0 Å². The number of hydrogen-bond donors (Lipinski definition) is 1. The van der Waals surface area contributed by atoms with E-state index in [-0.39, 0.29) is 24.6 Å². The Morgan fingerprint density at radius 2 is 2.06 bits per heavy atom. The van der Waals surface area contributed by atoms with Gasteiger partial charge in [-0.1, -0.05) is 18.5 Å². The fourth-order valence-electron chi connectivity index (χ4n) is 5.81. The molecule has 3 aliphatic rings. The van der Waals surface area contributed by atoms with E-state index in [2.05, 4.69) is 19.0 Å². The second kappa shape index (κ2) is 6.88. The van der Waals surface area contributed by atoms with Crippen molar-refractivity contribution in [3.8, 4) is 11.4 Å².